The van der Waals surface area contributed by atoms with Gasteiger partial charge in [0.25, 0.3) is 5.91 Å². The van der Waals surface area contributed by atoms with Crippen LogP contribution in [0.5, 0.6) is 0 Å². The van der Waals surface area contributed by atoms with Crippen molar-refractivity contribution in [2.45, 2.75) is 13.3 Å². The number of anilines is 1. The number of quaternary nitrogens is 1. The summed E-state index contributed by atoms with van der Waals surface area (Å²) < 4.78 is 1.81. The van der Waals surface area contributed by atoms with Crippen LogP contribution < -0.4 is 10.2 Å². The van der Waals surface area contributed by atoms with E-state index in [4.69, 9.17) is 5.26 Å². The summed E-state index contributed by atoms with van der Waals surface area (Å²) in [7, 11) is 1.90. The minimum atomic E-state index is -0.0541. The predicted molar refractivity (Wildman–Crippen MR) is 82.1 cm³/mol. The van der Waals surface area contributed by atoms with Crippen molar-refractivity contribution in [1.82, 2.24) is 0 Å². The highest BCUT2D eigenvalue weighted by Gasteiger charge is 2.13. The average molecular weight is 390 g/mol. The number of rotatable bonds is 5. The van der Waals surface area contributed by atoms with E-state index >= 15 is 0 Å². The number of benzene rings is 1. The Hall–Kier alpha value is -0.900. The third kappa shape index (κ3) is 5.31. The molecule has 0 aliphatic heterocycles. The van der Waals surface area contributed by atoms with E-state index in [0.29, 0.717) is 19.5 Å². The van der Waals surface area contributed by atoms with E-state index < -0.39 is 0 Å². The smallest absolute Gasteiger partial charge is 0.279 e. The molecule has 102 valence electrons. The second kappa shape index (κ2) is 7.63. The molecule has 1 aromatic carbocycles. The zero-order chi connectivity index (χ0) is 14.4. The van der Waals surface area contributed by atoms with E-state index in [2.05, 4.69) is 43.2 Å². The van der Waals surface area contributed by atoms with Gasteiger partial charge < -0.3 is 10.2 Å². The van der Waals surface area contributed by atoms with Gasteiger partial charge in [0.05, 0.1) is 31.8 Å². The molecule has 0 saturated carbocycles. The summed E-state index contributed by atoms with van der Waals surface area (Å²) in [6.45, 7) is 2.96. The van der Waals surface area contributed by atoms with Crippen LogP contribution in [0.1, 0.15) is 12.0 Å². The monoisotopic (exact) mass is 388 g/mol. The van der Waals surface area contributed by atoms with Crippen molar-refractivity contribution in [2.24, 2.45) is 0 Å². The van der Waals surface area contributed by atoms with Gasteiger partial charge in [0.2, 0.25) is 0 Å². The summed E-state index contributed by atoms with van der Waals surface area (Å²) in [5.74, 6) is -0.0541. The number of nitrogens with zero attached hydrogens (tertiary/aromatic N) is 1. The number of nitriles is 1. The van der Waals surface area contributed by atoms with Gasteiger partial charge in [-0.3, -0.25) is 4.79 Å². The van der Waals surface area contributed by atoms with Crippen LogP contribution in [0.4, 0.5) is 5.69 Å². The third-order valence-electron chi connectivity index (χ3n) is 2.64. The van der Waals surface area contributed by atoms with E-state index in [1.807, 2.05) is 26.1 Å². The van der Waals surface area contributed by atoms with Crippen molar-refractivity contribution in [3.05, 3.63) is 26.6 Å². The van der Waals surface area contributed by atoms with Gasteiger partial charge in [-0.2, -0.15) is 5.26 Å². The van der Waals surface area contributed by atoms with Crippen LogP contribution in [0, 0.1) is 18.3 Å². The van der Waals surface area contributed by atoms with Crippen LogP contribution in [0.15, 0.2) is 21.1 Å². The Balaban J connectivity index is 2.65. The first-order chi connectivity index (χ1) is 8.93. The predicted octanol–water partition coefficient (Wildman–Crippen LogP) is 1.89. The number of carbonyl (C=O) groups excluding carboxylic acids is 1. The zero-order valence-electron chi connectivity index (χ0n) is 10.9. The fourth-order valence-electron chi connectivity index (χ4n) is 1.68. The SMILES string of the molecule is Cc1cc(Br)cc(Br)c1NC(=O)C[NH+](C)CCC#N. The largest absolute Gasteiger partial charge is 0.329 e. The Morgan fingerprint density at radius 2 is 2.16 bits per heavy atom. The molecule has 0 saturated heterocycles. The summed E-state index contributed by atoms with van der Waals surface area (Å²) in [6, 6.07) is 5.93. The number of nitrogens with one attached hydrogen (secondary N) is 2. The Bertz CT molecular complexity index is 488. The van der Waals surface area contributed by atoms with Gasteiger partial charge in [-0.15, -0.1) is 0 Å². The van der Waals surface area contributed by atoms with Crippen molar-refractivity contribution in [3.8, 4) is 6.07 Å². The van der Waals surface area contributed by atoms with Crippen molar-refractivity contribution >= 4 is 43.5 Å². The molecule has 1 amide bonds. The molecule has 4 nitrogen and oxygen atoms in total. The molecule has 0 spiro atoms. The van der Waals surface area contributed by atoms with Crippen molar-refractivity contribution in [2.75, 3.05) is 25.5 Å². The Kier molecular flexibility index (Phi) is 6.49. The summed E-state index contributed by atoms with van der Waals surface area (Å²) in [5.41, 5.74) is 1.78. The van der Waals surface area contributed by atoms with Gasteiger partial charge in [0.1, 0.15) is 0 Å². The van der Waals surface area contributed by atoms with Crippen LogP contribution in [0.25, 0.3) is 0 Å². The molecule has 0 radical (unpaired) electrons. The normalized spacial score (nSPS) is 11.7. The third-order valence-corrected chi connectivity index (χ3v) is 3.73. The Morgan fingerprint density at radius 1 is 1.47 bits per heavy atom. The highest BCUT2D eigenvalue weighted by Crippen LogP contribution is 2.29. The summed E-state index contributed by atoms with van der Waals surface area (Å²) in [6.07, 6.45) is 0.458. The lowest BCUT2D eigenvalue weighted by atomic mass is 10.2. The molecule has 1 atom stereocenters. The second-order valence-corrected chi connectivity index (χ2v) is 6.19. The zero-order valence-corrected chi connectivity index (χ0v) is 14.1. The maximum absolute atomic E-state index is 11.9. The molecular formula is C13H16Br2N3O+. The molecule has 0 fully saturated rings. The molecule has 0 aliphatic rings. The lowest BCUT2D eigenvalue weighted by Crippen LogP contribution is -3.10. The highest BCUT2D eigenvalue weighted by molar-refractivity contribution is 9.11. The number of halogens is 2. The van der Waals surface area contributed by atoms with Crippen LogP contribution >= 0.6 is 31.9 Å². The summed E-state index contributed by atoms with van der Waals surface area (Å²) in [4.78, 5) is 12.9. The Morgan fingerprint density at radius 3 is 2.74 bits per heavy atom. The van der Waals surface area contributed by atoms with Gasteiger partial charge in [-0.05, 0) is 40.5 Å². The van der Waals surface area contributed by atoms with Crippen molar-refractivity contribution in [3.63, 3.8) is 0 Å². The Labute approximate surface area is 130 Å². The molecule has 0 bridgehead atoms. The lowest BCUT2D eigenvalue weighted by Gasteiger charge is -2.14. The maximum atomic E-state index is 11.9. The van der Waals surface area contributed by atoms with Crippen LogP contribution in [-0.2, 0) is 4.79 Å². The highest BCUT2D eigenvalue weighted by atomic mass is 79.9. The fourth-order valence-corrected chi connectivity index (χ4v) is 3.21. The molecule has 0 aromatic heterocycles. The topological polar surface area (TPSA) is 57.3 Å². The van der Waals surface area contributed by atoms with Gasteiger partial charge in [-0.1, -0.05) is 15.9 Å². The van der Waals surface area contributed by atoms with Crippen LogP contribution in [0.3, 0.4) is 0 Å². The standard InChI is InChI=1S/C13H15Br2N3O/c1-9-6-10(14)7-11(15)13(9)17-12(19)8-18(2)5-3-4-16/h6-7H,3,5,8H2,1-2H3,(H,17,19)/p+1. The van der Waals surface area contributed by atoms with Crippen LogP contribution in [0.2, 0.25) is 0 Å². The van der Waals surface area contributed by atoms with E-state index in [9.17, 15) is 4.79 Å². The number of amides is 1. The van der Waals surface area contributed by atoms with E-state index in [1.54, 1.807) is 0 Å². The number of carbonyl (C=O) groups is 1. The van der Waals surface area contributed by atoms with Gasteiger partial charge in [-0.25, -0.2) is 0 Å². The molecule has 1 unspecified atom stereocenters. The second-order valence-electron chi connectivity index (χ2n) is 4.42. The average Bonchev–Trinajstić information content (AvgIpc) is 2.31. The molecular weight excluding hydrogens is 374 g/mol. The first-order valence-corrected chi connectivity index (χ1v) is 7.46. The summed E-state index contributed by atoms with van der Waals surface area (Å²) in [5, 5.41) is 11.4. The maximum Gasteiger partial charge on any atom is 0.279 e. The summed E-state index contributed by atoms with van der Waals surface area (Å²) >= 11 is 6.84. The fraction of sp³-hybridized carbons (Fsp3) is 0.385. The van der Waals surface area contributed by atoms with Crippen molar-refractivity contribution in [1.29, 1.82) is 5.26 Å². The van der Waals surface area contributed by atoms with Gasteiger partial charge in [0, 0.05) is 8.95 Å². The van der Waals surface area contributed by atoms with E-state index in [1.165, 1.54) is 0 Å². The number of likely N-dealkylation sites (N-methyl/N-ethyl adjacent to an activating group) is 1. The van der Waals surface area contributed by atoms with Gasteiger partial charge in [0.15, 0.2) is 6.54 Å². The minimum absolute atomic E-state index is 0.0541. The number of hydrogen-bond donors (Lipinski definition) is 2. The van der Waals surface area contributed by atoms with Gasteiger partial charge >= 0.3 is 0 Å². The minimum Gasteiger partial charge on any atom is -0.329 e. The molecule has 19 heavy (non-hydrogen) atoms. The molecule has 6 heteroatoms. The first-order valence-electron chi connectivity index (χ1n) is 5.87. The molecule has 0 heterocycles. The van der Waals surface area contributed by atoms with Crippen molar-refractivity contribution < 1.29 is 9.69 Å². The molecule has 0 aliphatic carbocycles. The lowest BCUT2D eigenvalue weighted by molar-refractivity contribution is -0.870. The molecule has 1 rings (SSSR count). The van der Waals surface area contributed by atoms with E-state index in [0.717, 1.165) is 25.1 Å². The first kappa shape index (κ1) is 16.2. The van der Waals surface area contributed by atoms with Crippen LogP contribution in [-0.4, -0.2) is 26.0 Å². The molecule has 2 N–H and O–H groups in total. The number of hydrogen-bond acceptors (Lipinski definition) is 2. The quantitative estimate of drug-likeness (QED) is 0.807. The molecule has 1 aromatic rings. The number of aryl methyl sites for hydroxylation is 1. The van der Waals surface area contributed by atoms with E-state index in [-0.39, 0.29) is 5.91 Å².